The number of aromatic nitrogens is 2. The topological polar surface area (TPSA) is 81.2 Å². The highest BCUT2D eigenvalue weighted by Gasteiger charge is 2.15. The molecule has 0 saturated carbocycles. The van der Waals surface area contributed by atoms with Crippen LogP contribution in [0.3, 0.4) is 0 Å². The Kier molecular flexibility index (Phi) is 2.36. The van der Waals surface area contributed by atoms with E-state index in [9.17, 15) is 4.79 Å². The Hall–Kier alpha value is -1.56. The van der Waals surface area contributed by atoms with Gasteiger partial charge >= 0.3 is 5.97 Å². The molecule has 2 heterocycles. The SMILES string of the molecule is O=C(O)c1cc(N2CCNCC2)n[nH]1. The fraction of sp³-hybridized carbons (Fsp3) is 0.500. The van der Waals surface area contributed by atoms with Crippen LogP contribution < -0.4 is 10.2 Å². The van der Waals surface area contributed by atoms with E-state index in [2.05, 4.69) is 20.4 Å². The molecule has 0 radical (unpaired) electrons. The number of hydrogen-bond donors (Lipinski definition) is 3. The van der Waals surface area contributed by atoms with Crippen LogP contribution in [0.2, 0.25) is 0 Å². The Labute approximate surface area is 80.9 Å². The molecule has 76 valence electrons. The largest absolute Gasteiger partial charge is 0.477 e. The number of carboxylic acids is 1. The lowest BCUT2D eigenvalue weighted by molar-refractivity contribution is 0.0690. The first-order valence-corrected chi connectivity index (χ1v) is 4.52. The van der Waals surface area contributed by atoms with E-state index < -0.39 is 5.97 Å². The van der Waals surface area contributed by atoms with Crippen LogP contribution >= 0.6 is 0 Å². The smallest absolute Gasteiger partial charge is 0.353 e. The summed E-state index contributed by atoms with van der Waals surface area (Å²) in [6.45, 7) is 3.55. The number of carbonyl (C=O) groups is 1. The molecule has 14 heavy (non-hydrogen) atoms. The molecular weight excluding hydrogens is 184 g/mol. The maximum Gasteiger partial charge on any atom is 0.353 e. The minimum Gasteiger partial charge on any atom is -0.477 e. The number of H-pyrrole nitrogens is 1. The average Bonchev–Trinajstić information content (AvgIpc) is 2.68. The second kappa shape index (κ2) is 3.67. The van der Waals surface area contributed by atoms with Crippen molar-refractivity contribution in [1.29, 1.82) is 0 Å². The molecule has 1 aromatic heterocycles. The summed E-state index contributed by atoms with van der Waals surface area (Å²) in [5.41, 5.74) is 0.138. The summed E-state index contributed by atoms with van der Waals surface area (Å²) in [5.74, 6) is -0.261. The Morgan fingerprint density at radius 1 is 1.50 bits per heavy atom. The van der Waals surface area contributed by atoms with Crippen molar-refractivity contribution < 1.29 is 9.90 Å². The summed E-state index contributed by atoms with van der Waals surface area (Å²) in [4.78, 5) is 12.6. The summed E-state index contributed by atoms with van der Waals surface area (Å²) >= 11 is 0. The predicted octanol–water partition coefficient (Wildman–Crippen LogP) is -0.483. The van der Waals surface area contributed by atoms with Crippen molar-refractivity contribution in [3.63, 3.8) is 0 Å². The van der Waals surface area contributed by atoms with E-state index >= 15 is 0 Å². The Morgan fingerprint density at radius 2 is 2.21 bits per heavy atom. The zero-order chi connectivity index (χ0) is 9.97. The highest BCUT2D eigenvalue weighted by atomic mass is 16.4. The maximum absolute atomic E-state index is 10.6. The molecule has 0 aliphatic carbocycles. The summed E-state index contributed by atoms with van der Waals surface area (Å²) in [6.07, 6.45) is 0. The van der Waals surface area contributed by atoms with Crippen LogP contribution in [-0.4, -0.2) is 47.5 Å². The predicted molar refractivity (Wildman–Crippen MR) is 50.6 cm³/mol. The standard InChI is InChI=1S/C8H12N4O2/c13-8(14)6-5-7(11-10-6)12-3-1-9-2-4-12/h5,9H,1-4H2,(H,10,11)(H,13,14). The van der Waals surface area contributed by atoms with E-state index in [4.69, 9.17) is 5.11 Å². The lowest BCUT2D eigenvalue weighted by Gasteiger charge is -2.26. The maximum atomic E-state index is 10.6. The number of hydrogen-bond acceptors (Lipinski definition) is 4. The second-order valence-corrected chi connectivity index (χ2v) is 3.18. The molecular formula is C8H12N4O2. The number of rotatable bonds is 2. The third-order valence-electron chi connectivity index (χ3n) is 2.24. The molecule has 0 spiro atoms. The van der Waals surface area contributed by atoms with Crippen molar-refractivity contribution in [2.75, 3.05) is 31.1 Å². The molecule has 6 heteroatoms. The first kappa shape index (κ1) is 9.01. The minimum atomic E-state index is -0.973. The van der Waals surface area contributed by atoms with Gasteiger partial charge in [0.25, 0.3) is 0 Å². The van der Waals surface area contributed by atoms with Crippen LogP contribution in [-0.2, 0) is 0 Å². The average molecular weight is 196 g/mol. The van der Waals surface area contributed by atoms with Crippen molar-refractivity contribution in [2.24, 2.45) is 0 Å². The van der Waals surface area contributed by atoms with Crippen LogP contribution in [0, 0.1) is 0 Å². The number of anilines is 1. The van der Waals surface area contributed by atoms with E-state index in [1.165, 1.54) is 0 Å². The van der Waals surface area contributed by atoms with E-state index in [1.807, 2.05) is 0 Å². The molecule has 3 N–H and O–H groups in total. The van der Waals surface area contributed by atoms with Crippen molar-refractivity contribution in [1.82, 2.24) is 15.5 Å². The molecule has 1 saturated heterocycles. The molecule has 6 nitrogen and oxygen atoms in total. The lowest BCUT2D eigenvalue weighted by atomic mass is 10.3. The van der Waals surface area contributed by atoms with Gasteiger partial charge in [-0.05, 0) is 0 Å². The molecule has 1 aromatic rings. The quantitative estimate of drug-likeness (QED) is 0.595. The summed E-state index contributed by atoms with van der Waals surface area (Å²) < 4.78 is 0. The van der Waals surface area contributed by atoms with Crippen molar-refractivity contribution >= 4 is 11.8 Å². The Morgan fingerprint density at radius 3 is 2.79 bits per heavy atom. The zero-order valence-corrected chi connectivity index (χ0v) is 7.66. The number of piperazine rings is 1. The third-order valence-corrected chi connectivity index (χ3v) is 2.24. The highest BCUT2D eigenvalue weighted by Crippen LogP contribution is 2.12. The number of nitrogens with zero attached hydrogens (tertiary/aromatic N) is 2. The van der Waals surface area contributed by atoms with E-state index in [1.54, 1.807) is 6.07 Å². The van der Waals surface area contributed by atoms with Gasteiger partial charge in [-0.2, -0.15) is 5.10 Å². The van der Waals surface area contributed by atoms with Crippen LogP contribution in [0.25, 0.3) is 0 Å². The molecule has 1 fully saturated rings. The van der Waals surface area contributed by atoms with Gasteiger partial charge in [-0.1, -0.05) is 0 Å². The van der Waals surface area contributed by atoms with E-state index in [-0.39, 0.29) is 5.69 Å². The summed E-state index contributed by atoms with van der Waals surface area (Å²) in [5, 5.41) is 18.4. The third kappa shape index (κ3) is 1.69. The van der Waals surface area contributed by atoms with Gasteiger partial charge < -0.3 is 15.3 Å². The van der Waals surface area contributed by atoms with Gasteiger partial charge in [0.1, 0.15) is 5.69 Å². The molecule has 1 aliphatic rings. The first-order valence-electron chi connectivity index (χ1n) is 4.52. The van der Waals surface area contributed by atoms with Crippen LogP contribution in [0.15, 0.2) is 6.07 Å². The van der Waals surface area contributed by atoms with E-state index in [0.717, 1.165) is 26.2 Å². The van der Waals surface area contributed by atoms with Gasteiger partial charge in [-0.25, -0.2) is 4.79 Å². The molecule has 1 aliphatic heterocycles. The van der Waals surface area contributed by atoms with Gasteiger partial charge in [0.15, 0.2) is 5.82 Å². The van der Waals surface area contributed by atoms with Crippen molar-refractivity contribution in [3.05, 3.63) is 11.8 Å². The highest BCUT2D eigenvalue weighted by molar-refractivity contribution is 5.86. The van der Waals surface area contributed by atoms with Crippen LogP contribution in [0.4, 0.5) is 5.82 Å². The minimum absolute atomic E-state index is 0.138. The number of aromatic amines is 1. The lowest BCUT2D eigenvalue weighted by Crippen LogP contribution is -2.43. The number of nitrogens with one attached hydrogen (secondary N) is 2. The van der Waals surface area contributed by atoms with Crippen molar-refractivity contribution in [3.8, 4) is 0 Å². The Balaban J connectivity index is 2.11. The molecule has 0 aromatic carbocycles. The molecule has 0 bridgehead atoms. The normalized spacial score (nSPS) is 17.0. The fourth-order valence-electron chi connectivity index (χ4n) is 1.48. The molecule has 0 atom stereocenters. The molecule has 2 rings (SSSR count). The van der Waals surface area contributed by atoms with Gasteiger partial charge in [-0.15, -0.1) is 0 Å². The fourth-order valence-corrected chi connectivity index (χ4v) is 1.48. The van der Waals surface area contributed by atoms with Gasteiger partial charge in [0.2, 0.25) is 0 Å². The van der Waals surface area contributed by atoms with Gasteiger partial charge in [-0.3, -0.25) is 5.10 Å². The molecule has 0 unspecified atom stereocenters. The van der Waals surface area contributed by atoms with Crippen LogP contribution in [0.1, 0.15) is 10.5 Å². The number of aromatic carboxylic acids is 1. The van der Waals surface area contributed by atoms with Gasteiger partial charge in [0, 0.05) is 32.2 Å². The number of carboxylic acid groups (broad SMARTS) is 1. The first-order chi connectivity index (χ1) is 6.77. The van der Waals surface area contributed by atoms with Gasteiger partial charge in [0.05, 0.1) is 0 Å². The monoisotopic (exact) mass is 196 g/mol. The molecule has 0 amide bonds. The van der Waals surface area contributed by atoms with Crippen molar-refractivity contribution in [2.45, 2.75) is 0 Å². The summed E-state index contributed by atoms with van der Waals surface area (Å²) in [6, 6.07) is 1.56. The van der Waals surface area contributed by atoms with E-state index in [0.29, 0.717) is 5.82 Å². The Bertz CT molecular complexity index is 330. The zero-order valence-electron chi connectivity index (χ0n) is 7.66. The summed E-state index contributed by atoms with van der Waals surface area (Å²) in [7, 11) is 0. The van der Waals surface area contributed by atoms with Crippen LogP contribution in [0.5, 0.6) is 0 Å². The second-order valence-electron chi connectivity index (χ2n) is 3.18.